The highest BCUT2D eigenvalue weighted by molar-refractivity contribution is 7.10. The Morgan fingerprint density at radius 2 is 2.45 bits per heavy atom. The van der Waals surface area contributed by atoms with Gasteiger partial charge in [0.15, 0.2) is 0 Å². The lowest BCUT2D eigenvalue weighted by atomic mass is 10.1. The first-order chi connectivity index (χ1) is 5.11. The summed E-state index contributed by atoms with van der Waals surface area (Å²) < 4.78 is 0. The number of hydrogen-bond donors (Lipinski definition) is 2. The molecule has 0 aliphatic rings. The second-order valence-corrected chi connectivity index (χ2v) is 3.42. The van der Waals surface area contributed by atoms with Gasteiger partial charge in [0.1, 0.15) is 6.04 Å². The van der Waals surface area contributed by atoms with E-state index in [2.05, 4.69) is 0 Å². The zero-order valence-corrected chi connectivity index (χ0v) is 6.89. The minimum atomic E-state index is -0.984. The summed E-state index contributed by atoms with van der Waals surface area (Å²) in [5, 5.41) is 10.3. The minimum absolute atomic E-state index is 0.681. The van der Waals surface area contributed by atoms with Gasteiger partial charge < -0.3 is 10.8 Å². The molecule has 3 nitrogen and oxygen atoms in total. The number of nitrogens with two attached hydrogens (primary N) is 1. The number of aliphatic carboxylic acids is 1. The van der Waals surface area contributed by atoms with E-state index in [-0.39, 0.29) is 0 Å². The standard InChI is InChI=1S/C7H9NO2S/c1-4-2-5(3-11-4)6(8)7(9)10/h2-3,6H,8H2,1H3,(H,9,10). The van der Waals surface area contributed by atoms with E-state index in [1.165, 1.54) is 11.3 Å². The Hall–Kier alpha value is -0.870. The first kappa shape index (κ1) is 8.23. The van der Waals surface area contributed by atoms with Crippen LogP contribution in [0.25, 0.3) is 0 Å². The Balaban J connectivity index is 2.84. The van der Waals surface area contributed by atoms with Crippen LogP contribution in [-0.2, 0) is 4.79 Å². The molecule has 11 heavy (non-hydrogen) atoms. The fourth-order valence-corrected chi connectivity index (χ4v) is 1.51. The van der Waals surface area contributed by atoms with Gasteiger partial charge in [-0.05, 0) is 23.9 Å². The molecule has 1 rings (SSSR count). The Kier molecular flexibility index (Phi) is 2.26. The molecule has 1 heterocycles. The molecule has 1 atom stereocenters. The topological polar surface area (TPSA) is 63.3 Å². The van der Waals surface area contributed by atoms with E-state index in [0.717, 1.165) is 4.88 Å². The molecule has 0 aromatic carbocycles. The summed E-state index contributed by atoms with van der Waals surface area (Å²) in [5.74, 6) is -0.984. The lowest BCUT2D eigenvalue weighted by Crippen LogP contribution is -2.19. The van der Waals surface area contributed by atoms with Crippen LogP contribution in [0, 0.1) is 6.92 Å². The number of aryl methyl sites for hydroxylation is 1. The van der Waals surface area contributed by atoms with Crippen molar-refractivity contribution in [3.63, 3.8) is 0 Å². The number of carboxylic acids is 1. The first-order valence-electron chi connectivity index (χ1n) is 3.14. The fourth-order valence-electron chi connectivity index (χ4n) is 0.769. The van der Waals surface area contributed by atoms with Crippen molar-refractivity contribution in [1.82, 2.24) is 0 Å². The molecule has 0 spiro atoms. The maximum absolute atomic E-state index is 10.4. The molecule has 0 amide bonds. The highest BCUT2D eigenvalue weighted by atomic mass is 32.1. The Bertz CT molecular complexity index is 269. The summed E-state index contributed by atoms with van der Waals surface area (Å²) in [6.45, 7) is 1.92. The average molecular weight is 171 g/mol. The van der Waals surface area contributed by atoms with Gasteiger partial charge >= 0.3 is 5.97 Å². The highest BCUT2D eigenvalue weighted by Gasteiger charge is 2.14. The third kappa shape index (κ3) is 1.78. The normalized spacial score (nSPS) is 12.9. The van der Waals surface area contributed by atoms with Crippen LogP contribution in [0.2, 0.25) is 0 Å². The molecule has 60 valence electrons. The van der Waals surface area contributed by atoms with E-state index in [1.807, 2.05) is 6.92 Å². The molecule has 0 aliphatic heterocycles. The van der Waals surface area contributed by atoms with Gasteiger partial charge in [-0.3, -0.25) is 4.79 Å². The van der Waals surface area contributed by atoms with Crippen LogP contribution in [0.1, 0.15) is 16.5 Å². The molecular formula is C7H9NO2S. The zero-order valence-electron chi connectivity index (χ0n) is 6.07. The fraction of sp³-hybridized carbons (Fsp3) is 0.286. The van der Waals surface area contributed by atoms with Crippen LogP contribution in [0.15, 0.2) is 11.4 Å². The van der Waals surface area contributed by atoms with Crippen molar-refractivity contribution in [2.75, 3.05) is 0 Å². The van der Waals surface area contributed by atoms with Crippen LogP contribution in [-0.4, -0.2) is 11.1 Å². The van der Waals surface area contributed by atoms with Gasteiger partial charge in [0.05, 0.1) is 0 Å². The summed E-state index contributed by atoms with van der Waals surface area (Å²) >= 11 is 1.51. The van der Waals surface area contributed by atoms with Crippen molar-refractivity contribution in [1.29, 1.82) is 0 Å². The third-order valence-corrected chi connectivity index (χ3v) is 2.26. The van der Waals surface area contributed by atoms with Crippen molar-refractivity contribution >= 4 is 17.3 Å². The maximum Gasteiger partial charge on any atom is 0.325 e. The molecular weight excluding hydrogens is 162 g/mol. The highest BCUT2D eigenvalue weighted by Crippen LogP contribution is 2.18. The van der Waals surface area contributed by atoms with Crippen molar-refractivity contribution < 1.29 is 9.90 Å². The smallest absolute Gasteiger partial charge is 0.325 e. The van der Waals surface area contributed by atoms with Gasteiger partial charge in [-0.2, -0.15) is 0 Å². The largest absolute Gasteiger partial charge is 0.480 e. The van der Waals surface area contributed by atoms with E-state index in [4.69, 9.17) is 10.8 Å². The first-order valence-corrected chi connectivity index (χ1v) is 4.02. The summed E-state index contributed by atoms with van der Waals surface area (Å²) in [4.78, 5) is 11.5. The number of carbonyl (C=O) groups is 1. The van der Waals surface area contributed by atoms with Crippen LogP contribution >= 0.6 is 11.3 Å². The summed E-state index contributed by atoms with van der Waals surface area (Å²) in [5.41, 5.74) is 6.04. The minimum Gasteiger partial charge on any atom is -0.480 e. The number of carboxylic acid groups (broad SMARTS) is 1. The lowest BCUT2D eigenvalue weighted by Gasteiger charge is -2.00. The molecule has 0 bridgehead atoms. The van der Waals surface area contributed by atoms with Crippen molar-refractivity contribution in [2.45, 2.75) is 13.0 Å². The third-order valence-electron chi connectivity index (χ3n) is 1.38. The molecule has 1 unspecified atom stereocenters. The van der Waals surface area contributed by atoms with E-state index in [9.17, 15) is 4.79 Å². The Morgan fingerprint density at radius 3 is 2.82 bits per heavy atom. The van der Waals surface area contributed by atoms with E-state index in [1.54, 1.807) is 11.4 Å². The van der Waals surface area contributed by atoms with E-state index >= 15 is 0 Å². The van der Waals surface area contributed by atoms with Gasteiger partial charge in [-0.15, -0.1) is 11.3 Å². The molecule has 0 saturated carbocycles. The molecule has 0 radical (unpaired) electrons. The van der Waals surface area contributed by atoms with Gasteiger partial charge in [0, 0.05) is 4.88 Å². The molecule has 1 aromatic rings. The van der Waals surface area contributed by atoms with Gasteiger partial charge in [0.2, 0.25) is 0 Å². The van der Waals surface area contributed by atoms with E-state index < -0.39 is 12.0 Å². The molecule has 1 aromatic heterocycles. The SMILES string of the molecule is Cc1cc(C(N)C(=O)O)cs1. The second kappa shape index (κ2) is 3.02. The molecule has 0 aliphatic carbocycles. The van der Waals surface area contributed by atoms with Gasteiger partial charge in [0.25, 0.3) is 0 Å². The summed E-state index contributed by atoms with van der Waals surface area (Å²) in [6, 6.07) is 0.920. The van der Waals surface area contributed by atoms with Crippen LogP contribution < -0.4 is 5.73 Å². The molecule has 0 fully saturated rings. The zero-order chi connectivity index (χ0) is 8.43. The Labute approximate surface area is 68.5 Å². The lowest BCUT2D eigenvalue weighted by molar-refractivity contribution is -0.138. The van der Waals surface area contributed by atoms with Crippen LogP contribution in [0.4, 0.5) is 0 Å². The quantitative estimate of drug-likeness (QED) is 0.701. The predicted molar refractivity (Wildman–Crippen MR) is 43.6 cm³/mol. The predicted octanol–water partition coefficient (Wildman–Crippen LogP) is 1.14. The number of rotatable bonds is 2. The number of thiophene rings is 1. The molecule has 3 N–H and O–H groups in total. The summed E-state index contributed by atoms with van der Waals surface area (Å²) in [7, 11) is 0. The average Bonchev–Trinajstić information content (AvgIpc) is 2.34. The van der Waals surface area contributed by atoms with E-state index in [0.29, 0.717) is 5.56 Å². The van der Waals surface area contributed by atoms with Crippen molar-refractivity contribution in [2.24, 2.45) is 5.73 Å². The summed E-state index contributed by atoms with van der Waals surface area (Å²) in [6.07, 6.45) is 0. The van der Waals surface area contributed by atoms with Crippen molar-refractivity contribution in [3.05, 3.63) is 21.9 Å². The maximum atomic E-state index is 10.4. The Morgan fingerprint density at radius 1 is 1.82 bits per heavy atom. The van der Waals surface area contributed by atoms with Crippen molar-refractivity contribution in [3.8, 4) is 0 Å². The monoisotopic (exact) mass is 171 g/mol. The van der Waals surface area contributed by atoms with Crippen LogP contribution in [0.3, 0.4) is 0 Å². The molecule has 4 heteroatoms. The van der Waals surface area contributed by atoms with Gasteiger partial charge in [-0.25, -0.2) is 0 Å². The second-order valence-electron chi connectivity index (χ2n) is 2.31. The molecule has 0 saturated heterocycles. The van der Waals surface area contributed by atoms with Crippen LogP contribution in [0.5, 0.6) is 0 Å². The number of hydrogen-bond acceptors (Lipinski definition) is 3. The van der Waals surface area contributed by atoms with Gasteiger partial charge in [-0.1, -0.05) is 0 Å².